The molecule has 1 aliphatic heterocycles. The number of nitro groups is 1. The molecule has 1 aromatic heterocycles. The van der Waals surface area contributed by atoms with Crippen molar-refractivity contribution in [3.05, 3.63) is 28.3 Å². The lowest BCUT2D eigenvalue weighted by atomic mass is 10.3. The second-order valence-electron chi connectivity index (χ2n) is 5.08. The number of aromatic nitrogens is 2. The number of imidazole rings is 1. The number of nitrogens with zero attached hydrogens (tertiary/aromatic N) is 2. The zero-order valence-electron chi connectivity index (χ0n) is 11.5. The third-order valence-electron chi connectivity index (χ3n) is 3.53. The van der Waals surface area contributed by atoms with Crippen molar-refractivity contribution in [2.75, 3.05) is 12.3 Å². The molecule has 1 aliphatic rings. The Morgan fingerprint density at radius 1 is 1.41 bits per heavy atom. The number of benzene rings is 1. The van der Waals surface area contributed by atoms with Gasteiger partial charge in [-0.05, 0) is 25.5 Å². The Hall–Kier alpha value is -1.71. The Morgan fingerprint density at radius 2 is 2.18 bits per heavy atom. The average Bonchev–Trinajstić information content (AvgIpc) is 3.05. The quantitative estimate of drug-likeness (QED) is 0.638. The first-order valence-corrected chi connectivity index (χ1v) is 8.21. The Bertz CT molecular complexity index is 799. The highest BCUT2D eigenvalue weighted by Gasteiger charge is 2.26. The molecular weight excluding hydrogens is 332 g/mol. The molecule has 22 heavy (non-hydrogen) atoms. The van der Waals surface area contributed by atoms with Gasteiger partial charge in [0.2, 0.25) is 15.0 Å². The van der Waals surface area contributed by atoms with Crippen LogP contribution in [0.3, 0.4) is 0 Å². The zero-order valence-corrected chi connectivity index (χ0v) is 13.1. The van der Waals surface area contributed by atoms with E-state index in [-0.39, 0.29) is 35.0 Å². The fraction of sp³-hybridized carbons (Fsp3) is 0.417. The minimum Gasteiger partial charge on any atom is -0.329 e. The lowest BCUT2D eigenvalue weighted by molar-refractivity contribution is -0.384. The van der Waals surface area contributed by atoms with Crippen molar-refractivity contribution in [1.82, 2.24) is 15.3 Å². The summed E-state index contributed by atoms with van der Waals surface area (Å²) in [5.74, 6) is -0.0189. The van der Waals surface area contributed by atoms with E-state index in [4.69, 9.17) is 0 Å². The summed E-state index contributed by atoms with van der Waals surface area (Å²) in [4.78, 5) is 16.9. The molecule has 1 fully saturated rings. The topological polar surface area (TPSA) is 118 Å². The van der Waals surface area contributed by atoms with Crippen LogP contribution in [0.5, 0.6) is 0 Å². The lowest BCUT2D eigenvalue weighted by Gasteiger charge is -2.08. The number of aromatic amines is 1. The number of nitro benzene ring substituents is 1. The van der Waals surface area contributed by atoms with Gasteiger partial charge >= 0.3 is 0 Å². The van der Waals surface area contributed by atoms with Crippen molar-refractivity contribution in [2.45, 2.75) is 24.0 Å². The van der Waals surface area contributed by atoms with E-state index in [1.165, 1.54) is 18.2 Å². The van der Waals surface area contributed by atoms with Gasteiger partial charge in [-0.15, -0.1) is 12.4 Å². The van der Waals surface area contributed by atoms with Crippen LogP contribution in [0.2, 0.25) is 0 Å². The van der Waals surface area contributed by atoms with Crippen LogP contribution in [0.15, 0.2) is 23.4 Å². The van der Waals surface area contributed by atoms with E-state index in [9.17, 15) is 18.5 Å². The number of halogens is 1. The van der Waals surface area contributed by atoms with Crippen molar-refractivity contribution in [3.63, 3.8) is 0 Å². The van der Waals surface area contributed by atoms with Gasteiger partial charge in [0.1, 0.15) is 0 Å². The molecular formula is C12H15ClN4O4S. The second kappa shape index (κ2) is 6.19. The second-order valence-corrected chi connectivity index (χ2v) is 7.02. The first-order chi connectivity index (χ1) is 9.95. The largest absolute Gasteiger partial charge is 0.329 e. The molecule has 1 aromatic carbocycles. The number of non-ortho nitro benzene ring substituents is 1. The monoisotopic (exact) mass is 346 g/mol. The maximum Gasteiger partial charge on any atom is 0.271 e. The highest BCUT2D eigenvalue weighted by Crippen LogP contribution is 2.21. The lowest BCUT2D eigenvalue weighted by Crippen LogP contribution is -2.30. The summed E-state index contributed by atoms with van der Waals surface area (Å²) in [6.45, 7) is 0.826. The molecule has 3 rings (SSSR count). The Balaban J connectivity index is 0.00000176. The van der Waals surface area contributed by atoms with E-state index >= 15 is 0 Å². The minimum atomic E-state index is -3.54. The average molecular weight is 347 g/mol. The molecule has 0 radical (unpaired) electrons. The van der Waals surface area contributed by atoms with E-state index in [0.717, 1.165) is 19.4 Å². The van der Waals surface area contributed by atoms with Crippen LogP contribution in [0, 0.1) is 10.1 Å². The number of hydrogen-bond donors (Lipinski definition) is 2. The summed E-state index contributed by atoms with van der Waals surface area (Å²) >= 11 is 0. The van der Waals surface area contributed by atoms with E-state index in [0.29, 0.717) is 11.0 Å². The van der Waals surface area contributed by atoms with E-state index in [2.05, 4.69) is 15.3 Å². The van der Waals surface area contributed by atoms with Gasteiger partial charge < -0.3 is 10.3 Å². The molecule has 1 saturated heterocycles. The third-order valence-corrected chi connectivity index (χ3v) is 5.16. The molecule has 0 saturated carbocycles. The van der Waals surface area contributed by atoms with Gasteiger partial charge in [0.05, 0.1) is 21.7 Å². The van der Waals surface area contributed by atoms with Crippen LogP contribution in [-0.4, -0.2) is 41.6 Å². The van der Waals surface area contributed by atoms with Crippen molar-refractivity contribution < 1.29 is 13.3 Å². The van der Waals surface area contributed by atoms with Gasteiger partial charge in [-0.25, -0.2) is 13.4 Å². The smallest absolute Gasteiger partial charge is 0.271 e. The van der Waals surface area contributed by atoms with E-state index < -0.39 is 14.8 Å². The number of rotatable bonds is 4. The van der Waals surface area contributed by atoms with Gasteiger partial charge in [0.25, 0.3) is 5.69 Å². The first kappa shape index (κ1) is 16.7. The Morgan fingerprint density at radius 3 is 2.82 bits per heavy atom. The van der Waals surface area contributed by atoms with Crippen molar-refractivity contribution in [3.8, 4) is 0 Å². The van der Waals surface area contributed by atoms with Crippen LogP contribution >= 0.6 is 12.4 Å². The molecule has 0 bridgehead atoms. The molecule has 10 heteroatoms. The Kier molecular flexibility index (Phi) is 4.69. The van der Waals surface area contributed by atoms with Crippen molar-refractivity contribution in [1.29, 1.82) is 0 Å². The van der Waals surface area contributed by atoms with Gasteiger partial charge in [-0.2, -0.15) is 0 Å². The number of H-pyrrole nitrogens is 1. The molecule has 0 spiro atoms. The van der Waals surface area contributed by atoms with Gasteiger partial charge in [-0.1, -0.05) is 0 Å². The SMILES string of the molecule is Cl.O=[N+]([O-])c1ccc2nc(S(=O)(=O)CC3CCCN3)[nH]c2c1. The molecule has 8 nitrogen and oxygen atoms in total. The van der Waals surface area contributed by atoms with E-state index in [1.54, 1.807) is 0 Å². The Labute approximate surface area is 132 Å². The summed E-state index contributed by atoms with van der Waals surface area (Å²) in [5.41, 5.74) is 0.647. The van der Waals surface area contributed by atoms with Crippen LogP contribution in [0.1, 0.15) is 12.8 Å². The summed E-state index contributed by atoms with van der Waals surface area (Å²) in [6, 6.07) is 3.97. The molecule has 2 heterocycles. The van der Waals surface area contributed by atoms with Gasteiger partial charge in [-0.3, -0.25) is 10.1 Å². The maximum atomic E-state index is 12.3. The molecule has 2 aromatic rings. The maximum absolute atomic E-state index is 12.3. The normalized spacial score (nSPS) is 18.3. The predicted molar refractivity (Wildman–Crippen MR) is 83.1 cm³/mol. The summed E-state index contributed by atoms with van der Waals surface area (Å²) in [6.07, 6.45) is 1.79. The van der Waals surface area contributed by atoms with Gasteiger partial charge in [0, 0.05) is 18.2 Å². The molecule has 0 aliphatic carbocycles. The van der Waals surface area contributed by atoms with E-state index in [1.807, 2.05) is 0 Å². The molecule has 2 N–H and O–H groups in total. The van der Waals surface area contributed by atoms with Crippen LogP contribution in [0.25, 0.3) is 11.0 Å². The van der Waals surface area contributed by atoms with Crippen LogP contribution in [-0.2, 0) is 9.84 Å². The molecule has 1 unspecified atom stereocenters. The fourth-order valence-corrected chi connectivity index (χ4v) is 3.95. The van der Waals surface area contributed by atoms with Crippen molar-refractivity contribution >= 4 is 39.0 Å². The van der Waals surface area contributed by atoms with Crippen molar-refractivity contribution in [2.24, 2.45) is 0 Å². The summed E-state index contributed by atoms with van der Waals surface area (Å²) in [5, 5.41) is 13.7. The first-order valence-electron chi connectivity index (χ1n) is 6.56. The molecule has 120 valence electrons. The standard InChI is InChI=1S/C12H14N4O4S.ClH/c17-16(18)9-3-4-10-11(6-9)15-12(14-10)21(19,20)7-8-2-1-5-13-8;/h3-4,6,8,13H,1-2,5,7H2,(H,14,15);1H. The molecule has 1 atom stereocenters. The summed E-state index contributed by atoms with van der Waals surface area (Å²) < 4.78 is 24.6. The fourth-order valence-electron chi connectivity index (χ4n) is 2.48. The molecule has 0 amide bonds. The summed E-state index contributed by atoms with van der Waals surface area (Å²) in [7, 11) is -3.54. The van der Waals surface area contributed by atoms with Gasteiger partial charge in [0.15, 0.2) is 0 Å². The number of nitrogens with one attached hydrogen (secondary N) is 2. The van der Waals surface area contributed by atoms with Crippen LogP contribution < -0.4 is 5.32 Å². The zero-order chi connectivity index (χ0) is 15.0. The minimum absolute atomic E-state index is 0. The number of sulfone groups is 1. The third kappa shape index (κ3) is 3.21. The van der Waals surface area contributed by atoms with Crippen LogP contribution in [0.4, 0.5) is 5.69 Å². The highest BCUT2D eigenvalue weighted by atomic mass is 35.5. The number of fused-ring (bicyclic) bond motifs is 1. The predicted octanol–water partition coefficient (Wildman–Crippen LogP) is 1.42. The highest BCUT2D eigenvalue weighted by molar-refractivity contribution is 7.91. The number of hydrogen-bond acceptors (Lipinski definition) is 6.